The molecule has 8 aromatic rings. The molecule has 1 amide bonds. The van der Waals surface area contributed by atoms with Gasteiger partial charge in [-0.25, -0.2) is 37.5 Å². The van der Waals surface area contributed by atoms with Crippen molar-refractivity contribution in [3.63, 3.8) is 0 Å². The van der Waals surface area contributed by atoms with Gasteiger partial charge in [-0.3, -0.25) is 19.0 Å². The number of fused-ring (bicyclic) bond motifs is 4. The number of hydrogen-bond acceptors (Lipinski definition) is 11. The van der Waals surface area contributed by atoms with E-state index in [1.807, 2.05) is 27.7 Å². The molecular weight excluding hydrogens is 941 g/mol. The number of nitrogens with zero attached hydrogens (tertiary/aromatic N) is 10. The first-order chi connectivity index (χ1) is 32.8. The number of carbonyl (C=O) groups excluding carboxylic acids is 2. The van der Waals surface area contributed by atoms with Crippen molar-refractivity contribution in [2.24, 2.45) is 19.8 Å². The Morgan fingerprint density at radius 3 is 1.57 bits per heavy atom. The Balaban J connectivity index is 0.000000215. The molecule has 6 heterocycles. The highest BCUT2D eigenvalue weighted by Crippen LogP contribution is 2.33. The number of halogens is 4. The van der Waals surface area contributed by atoms with E-state index in [-0.39, 0.29) is 53.3 Å². The second-order valence-corrected chi connectivity index (χ2v) is 31.4. The van der Waals surface area contributed by atoms with Crippen molar-refractivity contribution in [3.8, 4) is 22.8 Å². The molecule has 0 unspecified atom stereocenters. The van der Waals surface area contributed by atoms with E-state index in [1.54, 1.807) is 35.6 Å². The molecule has 0 saturated heterocycles. The van der Waals surface area contributed by atoms with Gasteiger partial charge in [0.15, 0.2) is 17.6 Å². The molecule has 0 spiro atoms. The van der Waals surface area contributed by atoms with Crippen LogP contribution in [0, 0.1) is 23.3 Å². The van der Waals surface area contributed by atoms with Crippen LogP contribution in [0.5, 0.6) is 0 Å². The number of amides is 1. The molecule has 6 aromatic heterocycles. The fourth-order valence-corrected chi connectivity index (χ4v) is 8.71. The van der Waals surface area contributed by atoms with Gasteiger partial charge in [-0.15, -0.1) is 0 Å². The summed E-state index contributed by atoms with van der Waals surface area (Å²) in [5.41, 5.74) is 9.14. The zero-order valence-corrected chi connectivity index (χ0v) is 43.8. The van der Waals surface area contributed by atoms with Crippen LogP contribution in [-0.2, 0) is 37.0 Å². The number of nitrogens with one attached hydrogen (secondary N) is 1. The van der Waals surface area contributed by atoms with Crippen LogP contribution in [0.25, 0.3) is 66.9 Å². The molecule has 0 aliphatic heterocycles. The van der Waals surface area contributed by atoms with Crippen LogP contribution in [-0.4, -0.2) is 102 Å². The number of nitrogens with two attached hydrogens (primary N) is 1. The summed E-state index contributed by atoms with van der Waals surface area (Å²) < 4.78 is 74.5. The van der Waals surface area contributed by atoms with Gasteiger partial charge >= 0.3 is 0 Å². The monoisotopic (exact) mass is 1000 g/mol. The lowest BCUT2D eigenvalue weighted by molar-refractivity contribution is 0.0889. The van der Waals surface area contributed by atoms with Gasteiger partial charge in [0.25, 0.3) is 5.91 Å². The van der Waals surface area contributed by atoms with Crippen molar-refractivity contribution < 1.29 is 36.6 Å². The van der Waals surface area contributed by atoms with Crippen molar-refractivity contribution in [2.75, 3.05) is 13.2 Å². The minimum Gasteiger partial charge on any atom is -0.361 e. The molecule has 0 fully saturated rings. The third-order valence-electron chi connectivity index (χ3n) is 10.6. The highest BCUT2D eigenvalue weighted by molar-refractivity contribution is 6.76. The Kier molecular flexibility index (Phi) is 16.6. The molecule has 0 aliphatic rings. The molecule has 374 valence electrons. The molecule has 70 heavy (non-hydrogen) atoms. The Bertz CT molecular complexity index is 3170. The first-order valence-electron chi connectivity index (χ1n) is 22.9. The van der Waals surface area contributed by atoms with E-state index in [0.717, 1.165) is 24.2 Å². The van der Waals surface area contributed by atoms with Crippen LogP contribution in [0.3, 0.4) is 0 Å². The van der Waals surface area contributed by atoms with Crippen molar-refractivity contribution in [1.29, 1.82) is 0 Å². The van der Waals surface area contributed by atoms with Gasteiger partial charge in [0.2, 0.25) is 0 Å². The van der Waals surface area contributed by atoms with Gasteiger partial charge in [-0.2, -0.15) is 10.2 Å². The SMILES string of the molecule is CC(C)N.CC(C)NC(=O)c1cn(COCC[Si](C)(C)C)c2ncc(-c3nn(C)c4cc(F)cc(F)c34)nc12.Cn1nc(-c2cnc3c(n2)c(C=O)cn3COCC[Si](C)(C)C)c2c(F)cc(F)cc21. The molecule has 0 radical (unpaired) electrons. The molecule has 16 nitrogen and oxygen atoms in total. The smallest absolute Gasteiger partial charge is 0.255 e. The third-order valence-corrected chi connectivity index (χ3v) is 14.0. The molecule has 0 aliphatic carbocycles. The number of carbonyl (C=O) groups is 2. The summed E-state index contributed by atoms with van der Waals surface area (Å²) >= 11 is 0. The summed E-state index contributed by atoms with van der Waals surface area (Å²) in [5, 5.41) is 11.8. The van der Waals surface area contributed by atoms with E-state index in [2.05, 4.69) is 74.7 Å². The van der Waals surface area contributed by atoms with Gasteiger partial charge in [0.05, 0.1) is 45.3 Å². The summed E-state index contributed by atoms with van der Waals surface area (Å²) in [7, 11) is 0.753. The van der Waals surface area contributed by atoms with Crippen molar-refractivity contribution in [1.82, 2.24) is 53.9 Å². The standard InChI is InChI=1S/C24H30F2N6O2Si.C21H23F2N5O2Si.C3H9N/c1-14(2)28-24(33)16-12-32(13-34-7-8-35(4,5)6)23-21(16)29-18(11-27-23)22-20-17(26)9-15(25)10-19(20)31(3)30-22;1-27-17-8-14(22)7-15(23)18(17)20(26-27)16-9-24-21-19(25-16)13(11-29)10-28(21)12-30-5-6-31(2,3)4;1-3(2)4/h9-12,14H,7-8,13H2,1-6H3,(H,28,33);7-11H,5-6,12H2,1-4H3;3H,4H2,1-2H3. The fourth-order valence-electron chi connectivity index (χ4n) is 7.19. The van der Waals surface area contributed by atoms with Crippen molar-refractivity contribution in [3.05, 3.63) is 83.4 Å². The van der Waals surface area contributed by atoms with Gasteiger partial charge in [0, 0.05) is 74.0 Å². The zero-order chi connectivity index (χ0) is 51.4. The van der Waals surface area contributed by atoms with E-state index in [9.17, 15) is 27.2 Å². The molecule has 0 saturated carbocycles. The van der Waals surface area contributed by atoms with Gasteiger partial charge in [0.1, 0.15) is 70.5 Å². The average molecular weight is 1000 g/mol. The predicted molar refractivity (Wildman–Crippen MR) is 270 cm³/mol. The predicted octanol–water partition coefficient (Wildman–Crippen LogP) is 9.46. The summed E-state index contributed by atoms with van der Waals surface area (Å²) in [4.78, 5) is 42.7. The normalized spacial score (nSPS) is 12.0. The highest BCUT2D eigenvalue weighted by Gasteiger charge is 2.24. The van der Waals surface area contributed by atoms with Crippen LogP contribution in [0.1, 0.15) is 48.4 Å². The van der Waals surface area contributed by atoms with Crippen molar-refractivity contribution in [2.45, 2.75) is 105 Å². The lowest BCUT2D eigenvalue weighted by Crippen LogP contribution is -2.30. The number of hydrogen-bond donors (Lipinski definition) is 2. The summed E-state index contributed by atoms with van der Waals surface area (Å²) in [5.74, 6) is -3.14. The van der Waals surface area contributed by atoms with Crippen molar-refractivity contribution >= 4 is 72.5 Å². The second-order valence-electron chi connectivity index (χ2n) is 20.1. The lowest BCUT2D eigenvalue weighted by Gasteiger charge is -2.15. The number of benzene rings is 2. The van der Waals surface area contributed by atoms with Crippen LogP contribution in [0.4, 0.5) is 17.6 Å². The van der Waals surface area contributed by atoms with E-state index in [1.165, 1.54) is 33.9 Å². The number of aromatic nitrogens is 10. The molecular formula is C48H62F4N12O4Si2. The maximum atomic E-state index is 14.7. The van der Waals surface area contributed by atoms with E-state index >= 15 is 0 Å². The second kappa shape index (κ2) is 21.8. The number of aldehydes is 1. The molecule has 3 N–H and O–H groups in total. The Labute approximate surface area is 405 Å². The molecule has 2 aromatic carbocycles. The van der Waals surface area contributed by atoms with E-state index in [4.69, 9.17) is 15.2 Å². The summed E-state index contributed by atoms with van der Waals surface area (Å²) in [6, 6.07) is 6.36. The zero-order valence-electron chi connectivity index (χ0n) is 41.8. The first-order valence-corrected chi connectivity index (χ1v) is 30.3. The van der Waals surface area contributed by atoms with E-state index < -0.39 is 39.4 Å². The van der Waals surface area contributed by atoms with Gasteiger partial charge in [-0.05, 0) is 44.1 Å². The van der Waals surface area contributed by atoms with Gasteiger partial charge < -0.3 is 29.7 Å². The summed E-state index contributed by atoms with van der Waals surface area (Å²) in [6.07, 6.45) is 6.97. The quantitative estimate of drug-likeness (QED) is 0.0431. The largest absolute Gasteiger partial charge is 0.361 e. The fraction of sp³-hybridized carbons (Fsp3) is 0.417. The minimum atomic E-state index is -1.24. The average Bonchev–Trinajstić information content (AvgIpc) is 4.00. The number of ether oxygens (including phenoxy) is 2. The lowest BCUT2D eigenvalue weighted by atomic mass is 10.1. The van der Waals surface area contributed by atoms with E-state index in [0.29, 0.717) is 75.7 Å². The summed E-state index contributed by atoms with van der Waals surface area (Å²) in [6.45, 7) is 23.0. The van der Waals surface area contributed by atoms with Crippen LogP contribution in [0.15, 0.2) is 49.1 Å². The van der Waals surface area contributed by atoms with Gasteiger partial charge in [-0.1, -0.05) is 53.1 Å². The Morgan fingerprint density at radius 1 is 0.714 bits per heavy atom. The minimum absolute atomic E-state index is 0.0752. The molecule has 0 bridgehead atoms. The molecule has 0 atom stereocenters. The first kappa shape index (κ1) is 53.2. The number of aryl methyl sites for hydroxylation is 2. The van der Waals surface area contributed by atoms with Crippen LogP contribution < -0.4 is 11.1 Å². The maximum absolute atomic E-state index is 14.7. The van der Waals surface area contributed by atoms with Crippen LogP contribution >= 0.6 is 0 Å². The number of rotatable bonds is 15. The Hall–Kier alpha value is -6.21. The Morgan fingerprint density at radius 2 is 1.14 bits per heavy atom. The van der Waals surface area contributed by atoms with Crippen LogP contribution in [0.2, 0.25) is 51.4 Å². The maximum Gasteiger partial charge on any atom is 0.255 e. The molecule has 8 rings (SSSR count). The third kappa shape index (κ3) is 12.8. The topological polar surface area (TPSA) is 188 Å². The highest BCUT2D eigenvalue weighted by atomic mass is 28.3. The molecule has 22 heteroatoms.